The molecule has 0 bridgehead atoms. The first-order valence-electron chi connectivity index (χ1n) is 9.15. The molecule has 1 N–H and O–H groups in total. The number of aliphatic carboxylic acids is 1. The second kappa shape index (κ2) is 6.31. The fraction of sp³-hybridized carbons (Fsp3) is 0.429. The highest BCUT2D eigenvalue weighted by Gasteiger charge is 2.47. The van der Waals surface area contributed by atoms with Crippen molar-refractivity contribution >= 4 is 11.9 Å². The maximum atomic E-state index is 13.3. The van der Waals surface area contributed by atoms with Crippen LogP contribution in [0.4, 0.5) is 0 Å². The van der Waals surface area contributed by atoms with Crippen molar-refractivity contribution in [3.05, 3.63) is 47.2 Å². The summed E-state index contributed by atoms with van der Waals surface area (Å²) in [5, 5.41) is 9.57. The lowest BCUT2D eigenvalue weighted by atomic mass is 9.92. The molecule has 2 heterocycles. The van der Waals surface area contributed by atoms with Gasteiger partial charge in [0.15, 0.2) is 0 Å². The summed E-state index contributed by atoms with van der Waals surface area (Å²) in [6, 6.07) is 9.59. The number of hydrogen-bond acceptors (Lipinski definition) is 3. The van der Waals surface area contributed by atoms with E-state index in [1.165, 1.54) is 0 Å². The van der Waals surface area contributed by atoms with E-state index in [2.05, 4.69) is 0 Å². The molecule has 1 aromatic heterocycles. The first-order chi connectivity index (χ1) is 12.5. The molecule has 5 heteroatoms. The van der Waals surface area contributed by atoms with Crippen LogP contribution in [-0.2, 0) is 4.79 Å². The average molecular weight is 353 g/mol. The molecular weight excluding hydrogens is 330 g/mol. The third-order valence-electron chi connectivity index (χ3n) is 5.83. The van der Waals surface area contributed by atoms with E-state index in [4.69, 9.17) is 4.42 Å². The number of carboxylic acids is 1. The van der Waals surface area contributed by atoms with Gasteiger partial charge in [0.2, 0.25) is 0 Å². The van der Waals surface area contributed by atoms with Crippen molar-refractivity contribution in [1.29, 1.82) is 0 Å². The largest absolute Gasteiger partial charge is 0.481 e. The number of hydrogen-bond donors (Lipinski definition) is 1. The zero-order chi connectivity index (χ0) is 18.4. The molecule has 2 aromatic rings. The van der Waals surface area contributed by atoms with Gasteiger partial charge in [0.1, 0.15) is 11.5 Å². The Kier molecular flexibility index (Phi) is 4.10. The van der Waals surface area contributed by atoms with Crippen LogP contribution >= 0.6 is 0 Å². The molecule has 0 radical (unpaired) electrons. The summed E-state index contributed by atoms with van der Waals surface area (Å²) in [4.78, 5) is 26.7. The van der Waals surface area contributed by atoms with Crippen LogP contribution in [0, 0.1) is 31.6 Å². The van der Waals surface area contributed by atoms with Gasteiger partial charge in [0.05, 0.1) is 11.5 Å². The Morgan fingerprint density at radius 3 is 2.42 bits per heavy atom. The topological polar surface area (TPSA) is 70.8 Å². The molecule has 1 amide bonds. The van der Waals surface area contributed by atoms with E-state index < -0.39 is 11.9 Å². The molecule has 1 aliphatic heterocycles. The maximum Gasteiger partial charge on any atom is 0.308 e. The summed E-state index contributed by atoms with van der Waals surface area (Å²) in [5.74, 6) is 0.458. The van der Waals surface area contributed by atoms with Crippen molar-refractivity contribution in [2.75, 3.05) is 13.1 Å². The lowest BCUT2D eigenvalue weighted by molar-refractivity contribution is -0.142. The molecule has 1 aromatic carbocycles. The van der Waals surface area contributed by atoms with Crippen molar-refractivity contribution in [3.63, 3.8) is 0 Å². The number of amides is 1. The van der Waals surface area contributed by atoms with Gasteiger partial charge < -0.3 is 14.4 Å². The molecule has 1 saturated carbocycles. The van der Waals surface area contributed by atoms with E-state index in [9.17, 15) is 14.7 Å². The number of carbonyl (C=O) groups is 2. The molecule has 4 rings (SSSR count). The summed E-state index contributed by atoms with van der Waals surface area (Å²) in [5.41, 5.74) is 2.25. The van der Waals surface area contributed by atoms with Gasteiger partial charge in [0.25, 0.3) is 5.91 Å². The molecule has 26 heavy (non-hydrogen) atoms. The van der Waals surface area contributed by atoms with Crippen molar-refractivity contribution in [3.8, 4) is 11.3 Å². The lowest BCUT2D eigenvalue weighted by Crippen LogP contribution is -2.30. The van der Waals surface area contributed by atoms with Gasteiger partial charge >= 0.3 is 5.97 Å². The van der Waals surface area contributed by atoms with Crippen LogP contribution in [0.15, 0.2) is 34.7 Å². The van der Waals surface area contributed by atoms with Crippen molar-refractivity contribution < 1.29 is 19.1 Å². The van der Waals surface area contributed by atoms with Gasteiger partial charge in [-0.1, -0.05) is 30.3 Å². The molecule has 0 unspecified atom stereocenters. The van der Waals surface area contributed by atoms with Gasteiger partial charge in [-0.2, -0.15) is 0 Å². The van der Waals surface area contributed by atoms with Crippen LogP contribution in [0.3, 0.4) is 0 Å². The monoisotopic (exact) mass is 353 g/mol. The summed E-state index contributed by atoms with van der Waals surface area (Å²) in [6.07, 6.45) is 2.16. The van der Waals surface area contributed by atoms with Gasteiger partial charge in [-0.3, -0.25) is 9.59 Å². The third kappa shape index (κ3) is 2.81. The third-order valence-corrected chi connectivity index (χ3v) is 5.83. The highest BCUT2D eigenvalue weighted by atomic mass is 16.4. The number of carbonyl (C=O) groups excluding carboxylic acids is 1. The van der Waals surface area contributed by atoms with Gasteiger partial charge in [-0.25, -0.2) is 0 Å². The van der Waals surface area contributed by atoms with Gasteiger partial charge in [-0.15, -0.1) is 0 Å². The fourth-order valence-corrected chi connectivity index (χ4v) is 4.09. The second-order valence-electron chi connectivity index (χ2n) is 7.51. The number of furan rings is 1. The molecule has 0 spiro atoms. The van der Waals surface area contributed by atoms with Gasteiger partial charge in [-0.05, 0) is 38.5 Å². The minimum absolute atomic E-state index is 0.0740. The molecule has 5 nitrogen and oxygen atoms in total. The SMILES string of the molecule is Cc1oc(-c2ccccc2)c(C(=O)N2C[C@H](C(=O)O)[C@@H](C3CC3)C2)c1C. The zero-order valence-electron chi connectivity index (χ0n) is 15.1. The van der Waals surface area contributed by atoms with Crippen molar-refractivity contribution in [1.82, 2.24) is 4.90 Å². The molecule has 1 saturated heterocycles. The first-order valence-corrected chi connectivity index (χ1v) is 9.15. The molecule has 1 aliphatic carbocycles. The highest BCUT2D eigenvalue weighted by molar-refractivity contribution is 6.01. The smallest absolute Gasteiger partial charge is 0.308 e. The van der Waals surface area contributed by atoms with Crippen molar-refractivity contribution in [2.24, 2.45) is 17.8 Å². The van der Waals surface area contributed by atoms with E-state index in [1.54, 1.807) is 4.90 Å². The number of rotatable bonds is 4. The molecule has 2 aliphatic rings. The van der Waals surface area contributed by atoms with Crippen LogP contribution in [0.2, 0.25) is 0 Å². The summed E-state index contributed by atoms with van der Waals surface area (Å²) in [7, 11) is 0. The van der Waals surface area contributed by atoms with Crippen LogP contribution in [0.25, 0.3) is 11.3 Å². The number of likely N-dealkylation sites (tertiary alicyclic amines) is 1. The Morgan fingerprint density at radius 1 is 1.12 bits per heavy atom. The standard InChI is InChI=1S/C21H23NO4/c1-12-13(2)26-19(15-6-4-3-5-7-15)18(12)20(23)22-10-16(14-8-9-14)17(11-22)21(24)25/h3-7,14,16-17H,8-11H2,1-2H3,(H,24,25)/t16-,17+/m1/s1. The van der Waals surface area contributed by atoms with Crippen LogP contribution in [-0.4, -0.2) is 35.0 Å². The molecule has 2 fully saturated rings. The van der Waals surface area contributed by atoms with Crippen LogP contribution in [0.1, 0.15) is 34.5 Å². The Balaban J connectivity index is 1.68. The van der Waals surface area contributed by atoms with E-state index in [0.29, 0.717) is 23.8 Å². The summed E-state index contributed by atoms with van der Waals surface area (Å²) < 4.78 is 5.91. The van der Waals surface area contributed by atoms with E-state index in [-0.39, 0.29) is 18.4 Å². The predicted molar refractivity (Wildman–Crippen MR) is 96.9 cm³/mol. The normalized spacial score (nSPS) is 22.6. The quantitative estimate of drug-likeness (QED) is 0.909. The highest BCUT2D eigenvalue weighted by Crippen LogP contribution is 2.45. The van der Waals surface area contributed by atoms with Crippen molar-refractivity contribution in [2.45, 2.75) is 26.7 Å². The Morgan fingerprint density at radius 2 is 1.81 bits per heavy atom. The lowest BCUT2D eigenvalue weighted by Gasteiger charge is -2.17. The number of benzene rings is 1. The number of aryl methyl sites for hydroxylation is 1. The Hall–Kier alpha value is -2.56. The molecule has 136 valence electrons. The Labute approximate surface area is 152 Å². The molecule has 2 atom stereocenters. The minimum atomic E-state index is -0.791. The van der Waals surface area contributed by atoms with Gasteiger partial charge in [0, 0.05) is 24.2 Å². The Bertz CT molecular complexity index is 850. The summed E-state index contributed by atoms with van der Waals surface area (Å²) >= 11 is 0. The fourth-order valence-electron chi connectivity index (χ4n) is 4.09. The van der Waals surface area contributed by atoms with Crippen LogP contribution < -0.4 is 0 Å². The van der Waals surface area contributed by atoms with E-state index >= 15 is 0 Å². The number of nitrogens with zero attached hydrogens (tertiary/aromatic N) is 1. The summed E-state index contributed by atoms with van der Waals surface area (Å²) in [6.45, 7) is 4.56. The zero-order valence-corrected chi connectivity index (χ0v) is 15.1. The first kappa shape index (κ1) is 16.9. The van der Waals surface area contributed by atoms with E-state index in [1.807, 2.05) is 44.2 Å². The second-order valence-corrected chi connectivity index (χ2v) is 7.51. The number of carboxylic acid groups (broad SMARTS) is 1. The maximum absolute atomic E-state index is 13.3. The van der Waals surface area contributed by atoms with Crippen LogP contribution in [0.5, 0.6) is 0 Å². The van der Waals surface area contributed by atoms with E-state index in [0.717, 1.165) is 29.7 Å². The minimum Gasteiger partial charge on any atom is -0.481 e. The average Bonchev–Trinajstić information content (AvgIpc) is 3.31. The predicted octanol–water partition coefficient (Wildman–Crippen LogP) is 3.75. The molecular formula is C21H23NO4.